The Balaban J connectivity index is 1.60. The van der Waals surface area contributed by atoms with Gasteiger partial charge in [0.05, 0.1) is 0 Å². The molecule has 2 aliphatic carbocycles. The summed E-state index contributed by atoms with van der Waals surface area (Å²) in [4.78, 5) is 12.6. The Hall–Kier alpha value is -1.51. The molecule has 0 saturated heterocycles. The van der Waals surface area contributed by atoms with Crippen LogP contribution in [0.25, 0.3) is 0 Å². The fraction of sp³-hybridized carbons (Fsp3) is 0.696. The van der Waals surface area contributed by atoms with Crippen LogP contribution in [0.4, 0.5) is 0 Å². The molecule has 3 nitrogen and oxygen atoms in total. The zero-order valence-electron chi connectivity index (χ0n) is 16.8. The third-order valence-electron chi connectivity index (χ3n) is 6.19. The average molecular weight is 359 g/mol. The number of hydrogen-bond donors (Lipinski definition) is 0. The second-order valence-electron chi connectivity index (χ2n) is 8.70. The van der Waals surface area contributed by atoms with Crippen LogP contribution < -0.4 is 4.74 Å². The smallest absolute Gasteiger partial charge is 0.347 e. The van der Waals surface area contributed by atoms with Gasteiger partial charge in [0.15, 0.2) is 6.10 Å². The van der Waals surface area contributed by atoms with Gasteiger partial charge < -0.3 is 9.47 Å². The summed E-state index contributed by atoms with van der Waals surface area (Å²) in [6.07, 6.45) is 7.60. The molecule has 0 spiro atoms. The van der Waals surface area contributed by atoms with E-state index >= 15 is 0 Å². The van der Waals surface area contributed by atoms with Crippen molar-refractivity contribution in [2.45, 2.75) is 84.8 Å². The van der Waals surface area contributed by atoms with Crippen LogP contribution in [0, 0.1) is 17.8 Å². The van der Waals surface area contributed by atoms with Gasteiger partial charge in [0.1, 0.15) is 11.9 Å². The highest BCUT2D eigenvalue weighted by Gasteiger charge is 2.34. The van der Waals surface area contributed by atoms with Crippen LogP contribution in [0.5, 0.6) is 5.75 Å². The van der Waals surface area contributed by atoms with E-state index in [2.05, 4.69) is 32.9 Å². The maximum absolute atomic E-state index is 12.6. The molecule has 4 unspecified atom stereocenters. The molecular formula is C23H34O3. The van der Waals surface area contributed by atoms with Crippen molar-refractivity contribution in [3.63, 3.8) is 0 Å². The number of carbonyl (C=O) groups excluding carboxylic acids is 1. The summed E-state index contributed by atoms with van der Waals surface area (Å²) in [7, 11) is 0. The summed E-state index contributed by atoms with van der Waals surface area (Å²) in [5.41, 5.74) is 2.80. The molecule has 0 heterocycles. The van der Waals surface area contributed by atoms with Crippen LogP contribution >= 0.6 is 0 Å². The second kappa shape index (κ2) is 8.45. The average Bonchev–Trinajstić information content (AvgIpc) is 2.61. The van der Waals surface area contributed by atoms with Gasteiger partial charge in [-0.1, -0.05) is 33.3 Å². The number of benzene rings is 1. The van der Waals surface area contributed by atoms with Crippen LogP contribution in [0.3, 0.4) is 0 Å². The Labute approximate surface area is 158 Å². The first-order valence-electron chi connectivity index (χ1n) is 10.4. The lowest BCUT2D eigenvalue weighted by molar-refractivity contribution is -0.163. The van der Waals surface area contributed by atoms with Crippen LogP contribution in [-0.2, 0) is 22.4 Å². The number of aryl methyl sites for hydroxylation is 2. The van der Waals surface area contributed by atoms with Gasteiger partial charge in [-0.2, -0.15) is 0 Å². The summed E-state index contributed by atoms with van der Waals surface area (Å²) in [5.74, 6) is 2.18. The minimum Gasteiger partial charge on any atom is -0.479 e. The van der Waals surface area contributed by atoms with Crippen molar-refractivity contribution in [1.29, 1.82) is 0 Å². The minimum absolute atomic E-state index is 0.0285. The van der Waals surface area contributed by atoms with Crippen molar-refractivity contribution < 1.29 is 14.3 Å². The molecule has 1 fully saturated rings. The Morgan fingerprint density at radius 3 is 2.54 bits per heavy atom. The molecule has 1 aromatic rings. The van der Waals surface area contributed by atoms with Gasteiger partial charge in [-0.3, -0.25) is 0 Å². The van der Waals surface area contributed by atoms with E-state index in [-0.39, 0.29) is 12.1 Å². The zero-order valence-corrected chi connectivity index (χ0v) is 16.8. The number of rotatable bonds is 5. The topological polar surface area (TPSA) is 35.5 Å². The van der Waals surface area contributed by atoms with Gasteiger partial charge in [-0.15, -0.1) is 0 Å². The molecule has 0 aromatic heterocycles. The lowest BCUT2D eigenvalue weighted by Gasteiger charge is -2.37. The molecule has 26 heavy (non-hydrogen) atoms. The normalized spacial score (nSPS) is 26.9. The highest BCUT2D eigenvalue weighted by atomic mass is 16.6. The van der Waals surface area contributed by atoms with E-state index in [9.17, 15) is 4.79 Å². The van der Waals surface area contributed by atoms with E-state index in [1.165, 1.54) is 30.4 Å². The highest BCUT2D eigenvalue weighted by molar-refractivity contribution is 5.74. The van der Waals surface area contributed by atoms with Crippen molar-refractivity contribution in [3.05, 3.63) is 29.3 Å². The van der Waals surface area contributed by atoms with Crippen LogP contribution in [0.15, 0.2) is 18.2 Å². The van der Waals surface area contributed by atoms with Gasteiger partial charge in [-0.25, -0.2) is 4.79 Å². The van der Waals surface area contributed by atoms with Crippen molar-refractivity contribution in [1.82, 2.24) is 0 Å². The van der Waals surface area contributed by atoms with Crippen LogP contribution in [0.2, 0.25) is 0 Å². The SMILES string of the molecule is CC1CCC(C(C)C)C(OC(=O)C(C)Oc2ccc3c(c2)CCCC3)C1. The molecule has 0 N–H and O–H groups in total. The lowest BCUT2D eigenvalue weighted by atomic mass is 9.75. The van der Waals surface area contributed by atoms with E-state index in [0.29, 0.717) is 17.8 Å². The summed E-state index contributed by atoms with van der Waals surface area (Å²) >= 11 is 0. The Morgan fingerprint density at radius 1 is 1.08 bits per heavy atom. The van der Waals surface area contributed by atoms with Gasteiger partial charge >= 0.3 is 5.97 Å². The maximum atomic E-state index is 12.6. The first-order valence-corrected chi connectivity index (χ1v) is 10.4. The summed E-state index contributed by atoms with van der Waals surface area (Å²) in [6.45, 7) is 8.52. The molecule has 4 atom stereocenters. The van der Waals surface area contributed by atoms with Gasteiger partial charge in [0, 0.05) is 0 Å². The fourth-order valence-electron chi connectivity index (χ4n) is 4.53. The molecule has 3 rings (SSSR count). The number of esters is 1. The molecule has 0 aliphatic heterocycles. The molecule has 0 amide bonds. The molecule has 144 valence electrons. The summed E-state index contributed by atoms with van der Waals surface area (Å²) in [5, 5.41) is 0. The molecule has 1 aromatic carbocycles. The third kappa shape index (κ3) is 4.61. The van der Waals surface area contributed by atoms with E-state index in [1.54, 1.807) is 6.92 Å². The number of ether oxygens (including phenoxy) is 2. The third-order valence-corrected chi connectivity index (χ3v) is 6.19. The van der Waals surface area contributed by atoms with E-state index in [0.717, 1.165) is 31.4 Å². The molecule has 1 saturated carbocycles. The number of fused-ring (bicyclic) bond motifs is 1. The Bertz CT molecular complexity index is 622. The van der Waals surface area contributed by atoms with Gasteiger partial charge in [0.25, 0.3) is 0 Å². The van der Waals surface area contributed by atoms with Crippen molar-refractivity contribution in [2.75, 3.05) is 0 Å². The Kier molecular flexibility index (Phi) is 6.26. The zero-order chi connectivity index (χ0) is 18.7. The molecule has 2 aliphatic rings. The van der Waals surface area contributed by atoms with Gasteiger partial charge in [-0.05, 0) is 86.5 Å². The number of hydrogen-bond acceptors (Lipinski definition) is 3. The molecular weight excluding hydrogens is 324 g/mol. The van der Waals surface area contributed by atoms with E-state index < -0.39 is 6.10 Å². The van der Waals surface area contributed by atoms with Gasteiger partial charge in [0.2, 0.25) is 0 Å². The first kappa shape index (κ1) is 19.3. The monoisotopic (exact) mass is 358 g/mol. The number of carbonyl (C=O) groups is 1. The fourth-order valence-corrected chi connectivity index (χ4v) is 4.53. The van der Waals surface area contributed by atoms with Crippen LogP contribution in [-0.4, -0.2) is 18.2 Å². The largest absolute Gasteiger partial charge is 0.479 e. The van der Waals surface area contributed by atoms with E-state index in [4.69, 9.17) is 9.47 Å². The van der Waals surface area contributed by atoms with Crippen molar-refractivity contribution in [2.24, 2.45) is 17.8 Å². The summed E-state index contributed by atoms with van der Waals surface area (Å²) < 4.78 is 11.9. The molecule has 3 heteroatoms. The predicted octanol–water partition coefficient (Wildman–Crippen LogP) is 5.34. The first-order chi connectivity index (χ1) is 12.4. The highest BCUT2D eigenvalue weighted by Crippen LogP contribution is 2.35. The van der Waals surface area contributed by atoms with Crippen molar-refractivity contribution in [3.8, 4) is 5.75 Å². The summed E-state index contributed by atoms with van der Waals surface area (Å²) in [6, 6.07) is 6.25. The predicted molar refractivity (Wildman–Crippen MR) is 104 cm³/mol. The quantitative estimate of drug-likeness (QED) is 0.667. The van der Waals surface area contributed by atoms with Crippen molar-refractivity contribution >= 4 is 5.97 Å². The minimum atomic E-state index is -0.568. The van der Waals surface area contributed by atoms with Crippen LogP contribution in [0.1, 0.15) is 70.9 Å². The van der Waals surface area contributed by atoms with E-state index in [1.807, 2.05) is 6.07 Å². The Morgan fingerprint density at radius 2 is 1.81 bits per heavy atom. The lowest BCUT2D eigenvalue weighted by Crippen LogP contribution is -2.39. The second-order valence-corrected chi connectivity index (χ2v) is 8.70. The maximum Gasteiger partial charge on any atom is 0.347 e. The molecule has 0 bridgehead atoms. The molecule has 0 radical (unpaired) electrons. The standard InChI is InChI=1S/C23H34O3/c1-15(2)21-12-9-16(3)13-22(21)26-23(24)17(4)25-20-11-10-18-7-5-6-8-19(18)14-20/h10-11,14-17,21-22H,5-9,12-13H2,1-4H3.